The molecule has 0 aliphatic carbocycles. The quantitative estimate of drug-likeness (QED) is 0.463. The molecule has 166 valence electrons. The lowest BCUT2D eigenvalue weighted by atomic mass is 9.94. The van der Waals surface area contributed by atoms with Crippen LogP contribution in [0.4, 0.5) is 10.5 Å². The molecule has 7 nitrogen and oxygen atoms in total. The van der Waals surface area contributed by atoms with E-state index in [0.29, 0.717) is 5.69 Å². The number of anilines is 1. The molecule has 3 aromatic carbocycles. The maximum absolute atomic E-state index is 12.7. The molecule has 1 heterocycles. The minimum Gasteiger partial charge on any atom is -0.480 e. The summed E-state index contributed by atoms with van der Waals surface area (Å²) in [6.07, 6.45) is 0.186. The van der Waals surface area contributed by atoms with E-state index in [0.717, 1.165) is 39.2 Å². The second-order valence-corrected chi connectivity index (χ2v) is 7.81. The van der Waals surface area contributed by atoms with Crippen LogP contribution < -0.4 is 16.1 Å². The first-order valence-electron chi connectivity index (χ1n) is 10.5. The summed E-state index contributed by atoms with van der Waals surface area (Å²) in [5, 5.41) is 19.4. The zero-order valence-electron chi connectivity index (χ0n) is 18.1. The van der Waals surface area contributed by atoms with Gasteiger partial charge in [-0.1, -0.05) is 73.3 Å². The zero-order chi connectivity index (χ0) is 23.4. The van der Waals surface area contributed by atoms with E-state index in [9.17, 15) is 14.7 Å². The number of fused-ring (bicyclic) bond motifs is 1. The average Bonchev–Trinajstić information content (AvgIpc) is 2.81. The number of urea groups is 1. The number of hydrazone groups is 1. The summed E-state index contributed by atoms with van der Waals surface area (Å²) in [5.41, 5.74) is 9.34. The van der Waals surface area contributed by atoms with Gasteiger partial charge in [-0.15, -0.1) is 0 Å². The molecular weight excluding hydrogens is 416 g/mol. The van der Waals surface area contributed by atoms with Gasteiger partial charge in [-0.05, 0) is 24.1 Å². The van der Waals surface area contributed by atoms with Gasteiger partial charge >= 0.3 is 12.0 Å². The number of carbonyl (C=O) groups excluding carboxylic acids is 1. The number of benzene rings is 3. The van der Waals surface area contributed by atoms with E-state index >= 15 is 0 Å². The van der Waals surface area contributed by atoms with Crippen LogP contribution in [0, 0.1) is 6.92 Å². The normalized spacial score (nSPS) is 13.2. The van der Waals surface area contributed by atoms with Crippen LogP contribution >= 0.6 is 0 Å². The van der Waals surface area contributed by atoms with Gasteiger partial charge < -0.3 is 15.7 Å². The molecule has 1 atom stereocenters. The molecule has 0 saturated heterocycles. The molecule has 0 unspecified atom stereocenters. The van der Waals surface area contributed by atoms with Gasteiger partial charge in [0.15, 0.2) is 0 Å². The van der Waals surface area contributed by atoms with E-state index in [4.69, 9.17) is 0 Å². The van der Waals surface area contributed by atoms with Crippen LogP contribution in [-0.2, 0) is 11.2 Å². The third-order valence-electron chi connectivity index (χ3n) is 5.46. The highest BCUT2D eigenvalue weighted by Gasteiger charge is 2.22. The van der Waals surface area contributed by atoms with Gasteiger partial charge in [0.2, 0.25) is 0 Å². The first-order chi connectivity index (χ1) is 15.9. The Hall–Kier alpha value is -4.39. The Morgan fingerprint density at radius 2 is 1.73 bits per heavy atom. The number of amides is 2. The molecule has 4 N–H and O–H groups in total. The van der Waals surface area contributed by atoms with E-state index in [1.165, 1.54) is 0 Å². The van der Waals surface area contributed by atoms with Crippen LogP contribution in [0.2, 0.25) is 0 Å². The van der Waals surface area contributed by atoms with Crippen molar-refractivity contribution < 1.29 is 14.7 Å². The summed E-state index contributed by atoms with van der Waals surface area (Å²) in [6, 6.07) is 21.0. The molecule has 0 radical (unpaired) electrons. The van der Waals surface area contributed by atoms with Crippen LogP contribution in [0.15, 0.2) is 84.5 Å². The second-order valence-electron chi connectivity index (χ2n) is 7.81. The lowest BCUT2D eigenvalue weighted by Crippen LogP contribution is -2.44. The fourth-order valence-corrected chi connectivity index (χ4v) is 3.69. The highest BCUT2D eigenvalue weighted by Crippen LogP contribution is 2.26. The molecule has 4 rings (SSSR count). The predicted octanol–water partition coefficient (Wildman–Crippen LogP) is 4.14. The van der Waals surface area contributed by atoms with Crippen molar-refractivity contribution in [2.45, 2.75) is 19.4 Å². The van der Waals surface area contributed by atoms with Gasteiger partial charge in [0.25, 0.3) is 0 Å². The van der Waals surface area contributed by atoms with Crippen molar-refractivity contribution in [3.63, 3.8) is 0 Å². The Kier molecular flexibility index (Phi) is 6.22. The first kappa shape index (κ1) is 21.8. The predicted molar refractivity (Wildman–Crippen MR) is 129 cm³/mol. The summed E-state index contributed by atoms with van der Waals surface area (Å²) in [5.74, 6) is -1.10. The molecule has 1 aliphatic heterocycles. The van der Waals surface area contributed by atoms with E-state index in [2.05, 4.69) is 27.7 Å². The summed E-state index contributed by atoms with van der Waals surface area (Å²) in [6.45, 7) is 5.86. The van der Waals surface area contributed by atoms with Crippen molar-refractivity contribution in [2.24, 2.45) is 5.10 Å². The standard InChI is InChI=1S/C26H24N4O3/c1-16-12-13-19(24-21-11-7-6-10-20(21)17(2)29-30-24)15-22(16)27-26(33)28-23(25(31)32)14-18-8-4-3-5-9-18/h3-13,15,23,29H,2,14H2,1H3,(H,31,32)(H2,27,28,33)/t23-/m0/s1. The van der Waals surface area contributed by atoms with Crippen molar-refractivity contribution >= 4 is 29.1 Å². The molecule has 33 heavy (non-hydrogen) atoms. The Labute approximate surface area is 191 Å². The molecule has 0 spiro atoms. The Morgan fingerprint density at radius 3 is 2.45 bits per heavy atom. The van der Waals surface area contributed by atoms with Crippen LogP contribution in [0.3, 0.4) is 0 Å². The molecule has 0 aromatic heterocycles. The van der Waals surface area contributed by atoms with Crippen LogP contribution in [0.25, 0.3) is 5.70 Å². The third kappa shape index (κ3) is 4.93. The van der Waals surface area contributed by atoms with E-state index in [1.807, 2.05) is 79.7 Å². The number of carboxylic acids is 1. The van der Waals surface area contributed by atoms with Crippen LogP contribution in [-0.4, -0.2) is 28.9 Å². The van der Waals surface area contributed by atoms with Gasteiger partial charge in [0.1, 0.15) is 6.04 Å². The van der Waals surface area contributed by atoms with Gasteiger partial charge in [0, 0.05) is 28.8 Å². The van der Waals surface area contributed by atoms with Crippen molar-refractivity contribution in [3.05, 3.63) is 107 Å². The summed E-state index contributed by atoms with van der Waals surface area (Å²) in [4.78, 5) is 24.3. The Bertz CT molecular complexity index is 1250. The van der Waals surface area contributed by atoms with Crippen molar-refractivity contribution in [1.82, 2.24) is 10.7 Å². The maximum atomic E-state index is 12.7. The van der Waals surface area contributed by atoms with Crippen molar-refractivity contribution in [2.75, 3.05) is 5.32 Å². The molecule has 0 saturated carbocycles. The summed E-state index contributed by atoms with van der Waals surface area (Å²) in [7, 11) is 0. The van der Waals surface area contributed by atoms with E-state index in [-0.39, 0.29) is 6.42 Å². The number of nitrogens with zero attached hydrogens (tertiary/aromatic N) is 1. The highest BCUT2D eigenvalue weighted by molar-refractivity contribution is 6.16. The molecular formula is C26H24N4O3. The number of nitrogens with one attached hydrogen (secondary N) is 3. The number of aryl methyl sites for hydroxylation is 1. The molecule has 7 heteroatoms. The number of rotatable bonds is 6. The Balaban J connectivity index is 1.53. The Morgan fingerprint density at radius 1 is 1.03 bits per heavy atom. The highest BCUT2D eigenvalue weighted by atomic mass is 16.4. The molecule has 1 aliphatic rings. The fourth-order valence-electron chi connectivity index (χ4n) is 3.69. The lowest BCUT2D eigenvalue weighted by Gasteiger charge is -2.20. The number of carbonyl (C=O) groups is 2. The largest absolute Gasteiger partial charge is 0.480 e. The number of hydrogen-bond acceptors (Lipinski definition) is 4. The number of hydrogen-bond donors (Lipinski definition) is 4. The minimum atomic E-state index is -1.10. The monoisotopic (exact) mass is 440 g/mol. The van der Waals surface area contributed by atoms with Crippen LogP contribution in [0.5, 0.6) is 0 Å². The molecule has 0 fully saturated rings. The molecule has 3 aromatic rings. The maximum Gasteiger partial charge on any atom is 0.326 e. The SMILES string of the molecule is C=C1NN=C(c2ccc(C)c(NC(=O)N[C@@H](Cc3ccccc3)C(=O)O)c2)c2ccccc21. The lowest BCUT2D eigenvalue weighted by molar-refractivity contribution is -0.139. The smallest absolute Gasteiger partial charge is 0.326 e. The molecule has 2 amide bonds. The van der Waals surface area contributed by atoms with Crippen molar-refractivity contribution in [3.8, 4) is 0 Å². The van der Waals surface area contributed by atoms with E-state index in [1.54, 1.807) is 0 Å². The fraction of sp³-hybridized carbons (Fsp3) is 0.115. The molecule has 0 bridgehead atoms. The number of carboxylic acid groups (broad SMARTS) is 1. The summed E-state index contributed by atoms with van der Waals surface area (Å²) >= 11 is 0. The van der Waals surface area contributed by atoms with E-state index < -0.39 is 18.0 Å². The summed E-state index contributed by atoms with van der Waals surface area (Å²) < 4.78 is 0. The second kappa shape index (κ2) is 9.40. The van der Waals surface area contributed by atoms with Gasteiger partial charge in [0.05, 0.1) is 11.4 Å². The van der Waals surface area contributed by atoms with Crippen LogP contribution in [0.1, 0.15) is 27.8 Å². The first-order valence-corrected chi connectivity index (χ1v) is 10.5. The third-order valence-corrected chi connectivity index (χ3v) is 5.46. The van der Waals surface area contributed by atoms with Gasteiger partial charge in [-0.25, -0.2) is 9.59 Å². The number of aliphatic carboxylic acids is 1. The van der Waals surface area contributed by atoms with Crippen molar-refractivity contribution in [1.29, 1.82) is 0 Å². The minimum absolute atomic E-state index is 0.186. The average molecular weight is 441 g/mol. The van der Waals surface area contributed by atoms with Gasteiger partial charge in [-0.2, -0.15) is 5.10 Å². The zero-order valence-corrected chi connectivity index (χ0v) is 18.1. The topological polar surface area (TPSA) is 103 Å². The van der Waals surface area contributed by atoms with Gasteiger partial charge in [-0.3, -0.25) is 5.43 Å².